The Morgan fingerprint density at radius 1 is 1.31 bits per heavy atom. The van der Waals surface area contributed by atoms with Crippen LogP contribution >= 0.6 is 0 Å². The minimum atomic E-state index is 0.0883. The van der Waals surface area contributed by atoms with Crippen molar-refractivity contribution >= 4 is 5.91 Å². The summed E-state index contributed by atoms with van der Waals surface area (Å²) in [5.74, 6) is 0.886. The van der Waals surface area contributed by atoms with Crippen molar-refractivity contribution in [3.05, 3.63) is 0 Å². The Hall–Kier alpha value is -0.530. The molecular weight excluding hydrogens is 162 g/mol. The Bertz CT molecular complexity index is 134. The minimum absolute atomic E-state index is 0.0883. The van der Waals surface area contributed by atoms with Gasteiger partial charge in [-0.15, -0.1) is 0 Å². The van der Waals surface area contributed by atoms with E-state index in [0.717, 1.165) is 18.9 Å². The van der Waals surface area contributed by atoms with Crippen molar-refractivity contribution in [3.8, 4) is 0 Å². The molecule has 0 spiro atoms. The van der Waals surface area contributed by atoms with Crippen molar-refractivity contribution in [3.63, 3.8) is 0 Å². The highest BCUT2D eigenvalue weighted by atomic mass is 16.1. The van der Waals surface area contributed by atoms with E-state index in [0.29, 0.717) is 0 Å². The normalized spacial score (nSPS) is 12.5. The van der Waals surface area contributed by atoms with Crippen molar-refractivity contribution in [2.24, 2.45) is 5.92 Å². The summed E-state index contributed by atoms with van der Waals surface area (Å²) in [6.07, 6.45) is 6.28. The third kappa shape index (κ3) is 7.82. The van der Waals surface area contributed by atoms with E-state index < -0.39 is 0 Å². The van der Waals surface area contributed by atoms with Crippen LogP contribution in [0.3, 0.4) is 0 Å². The molecular formula is C11H23NO. The van der Waals surface area contributed by atoms with Gasteiger partial charge in [-0.3, -0.25) is 4.79 Å². The first-order valence-electron chi connectivity index (χ1n) is 5.45. The Labute approximate surface area is 82.1 Å². The molecule has 2 nitrogen and oxygen atoms in total. The number of carbonyl (C=O) groups is 1. The van der Waals surface area contributed by atoms with Crippen molar-refractivity contribution in [2.45, 2.75) is 52.9 Å². The van der Waals surface area contributed by atoms with E-state index in [1.54, 1.807) is 6.92 Å². The van der Waals surface area contributed by atoms with Crippen LogP contribution in [0.1, 0.15) is 52.9 Å². The second kappa shape index (κ2) is 8.09. The molecule has 0 unspecified atom stereocenters. The second-order valence-electron chi connectivity index (χ2n) is 3.69. The highest BCUT2D eigenvalue weighted by Gasteiger charge is 2.05. The van der Waals surface area contributed by atoms with Gasteiger partial charge in [-0.05, 0) is 12.3 Å². The van der Waals surface area contributed by atoms with Gasteiger partial charge in [0.1, 0.15) is 0 Å². The molecule has 2 heteroatoms. The predicted molar refractivity (Wildman–Crippen MR) is 56.6 cm³/mol. The number of nitrogens with one attached hydrogen (secondary N) is 1. The standard InChI is InChI=1S/C11H23NO/c1-4-6-7-11(5-2)8-9-12-10(3)13/h11H,4-9H2,1-3H3,(H,12,13)/t11-/m0/s1. The molecule has 1 atom stereocenters. The zero-order chi connectivity index (χ0) is 10.1. The van der Waals surface area contributed by atoms with Crippen LogP contribution in [0.15, 0.2) is 0 Å². The molecule has 0 saturated carbocycles. The molecule has 0 bridgehead atoms. The second-order valence-corrected chi connectivity index (χ2v) is 3.69. The highest BCUT2D eigenvalue weighted by molar-refractivity contribution is 5.72. The molecule has 0 aliphatic rings. The molecule has 0 fully saturated rings. The molecule has 0 aromatic heterocycles. The lowest BCUT2D eigenvalue weighted by molar-refractivity contribution is -0.119. The van der Waals surface area contributed by atoms with Crippen molar-refractivity contribution < 1.29 is 4.79 Å². The topological polar surface area (TPSA) is 29.1 Å². The molecule has 78 valence electrons. The van der Waals surface area contributed by atoms with Gasteiger partial charge in [0.15, 0.2) is 0 Å². The van der Waals surface area contributed by atoms with Gasteiger partial charge in [0.25, 0.3) is 0 Å². The summed E-state index contributed by atoms with van der Waals surface area (Å²) in [5.41, 5.74) is 0. The van der Waals surface area contributed by atoms with Gasteiger partial charge >= 0.3 is 0 Å². The van der Waals surface area contributed by atoms with Crippen LogP contribution in [-0.4, -0.2) is 12.5 Å². The summed E-state index contributed by atoms with van der Waals surface area (Å²) < 4.78 is 0. The monoisotopic (exact) mass is 185 g/mol. The van der Waals surface area contributed by atoms with Gasteiger partial charge in [-0.2, -0.15) is 0 Å². The Balaban J connectivity index is 3.41. The Morgan fingerprint density at radius 2 is 2.00 bits per heavy atom. The maximum atomic E-state index is 10.6. The molecule has 0 rings (SSSR count). The molecule has 0 aliphatic carbocycles. The summed E-state index contributed by atoms with van der Waals surface area (Å²) in [5, 5.41) is 2.85. The van der Waals surface area contributed by atoms with Crippen molar-refractivity contribution in [1.82, 2.24) is 5.32 Å². The Kier molecular flexibility index (Phi) is 7.76. The van der Waals surface area contributed by atoms with Gasteiger partial charge in [0, 0.05) is 13.5 Å². The lowest BCUT2D eigenvalue weighted by Crippen LogP contribution is -2.22. The highest BCUT2D eigenvalue weighted by Crippen LogP contribution is 2.15. The summed E-state index contributed by atoms with van der Waals surface area (Å²) in [6.45, 7) is 6.87. The fraction of sp³-hybridized carbons (Fsp3) is 0.909. The first-order chi connectivity index (χ1) is 6.20. The van der Waals surface area contributed by atoms with Crippen molar-refractivity contribution in [2.75, 3.05) is 6.54 Å². The fourth-order valence-electron chi connectivity index (χ4n) is 1.50. The lowest BCUT2D eigenvalue weighted by Gasteiger charge is -2.13. The molecule has 1 N–H and O–H groups in total. The quantitative estimate of drug-likeness (QED) is 0.649. The average Bonchev–Trinajstić information content (AvgIpc) is 2.10. The maximum Gasteiger partial charge on any atom is 0.216 e. The Morgan fingerprint density at radius 3 is 2.46 bits per heavy atom. The van der Waals surface area contributed by atoms with Gasteiger partial charge in [-0.25, -0.2) is 0 Å². The largest absolute Gasteiger partial charge is 0.356 e. The first kappa shape index (κ1) is 12.5. The van der Waals surface area contributed by atoms with Crippen LogP contribution in [0.2, 0.25) is 0 Å². The van der Waals surface area contributed by atoms with Crippen molar-refractivity contribution in [1.29, 1.82) is 0 Å². The van der Waals surface area contributed by atoms with E-state index in [9.17, 15) is 4.79 Å². The van der Waals surface area contributed by atoms with E-state index in [1.807, 2.05) is 0 Å². The number of hydrogen-bond donors (Lipinski definition) is 1. The molecule has 0 saturated heterocycles. The minimum Gasteiger partial charge on any atom is -0.356 e. The van der Waals surface area contributed by atoms with Gasteiger partial charge < -0.3 is 5.32 Å². The maximum absolute atomic E-state index is 10.6. The number of carbonyl (C=O) groups excluding carboxylic acids is 1. The number of hydrogen-bond acceptors (Lipinski definition) is 1. The summed E-state index contributed by atoms with van der Waals surface area (Å²) in [6, 6.07) is 0. The number of rotatable bonds is 7. The lowest BCUT2D eigenvalue weighted by atomic mass is 9.96. The third-order valence-corrected chi connectivity index (χ3v) is 2.47. The van der Waals surface area contributed by atoms with E-state index >= 15 is 0 Å². The summed E-state index contributed by atoms with van der Waals surface area (Å²) in [4.78, 5) is 10.6. The fourth-order valence-corrected chi connectivity index (χ4v) is 1.50. The zero-order valence-corrected chi connectivity index (χ0v) is 9.23. The van der Waals surface area contributed by atoms with E-state index in [-0.39, 0.29) is 5.91 Å². The molecule has 1 amide bonds. The molecule has 0 heterocycles. The average molecular weight is 185 g/mol. The van der Waals surface area contributed by atoms with E-state index in [4.69, 9.17) is 0 Å². The van der Waals surface area contributed by atoms with Gasteiger partial charge in [0.2, 0.25) is 5.91 Å². The molecule has 0 aromatic carbocycles. The number of amides is 1. The first-order valence-corrected chi connectivity index (χ1v) is 5.45. The molecule has 0 aromatic rings. The smallest absolute Gasteiger partial charge is 0.216 e. The molecule has 0 aliphatic heterocycles. The van der Waals surface area contributed by atoms with Gasteiger partial charge in [-0.1, -0.05) is 39.5 Å². The van der Waals surface area contributed by atoms with Gasteiger partial charge in [0.05, 0.1) is 0 Å². The predicted octanol–water partition coefficient (Wildman–Crippen LogP) is 2.73. The van der Waals surface area contributed by atoms with Crippen LogP contribution in [-0.2, 0) is 4.79 Å². The van der Waals surface area contributed by atoms with Crippen LogP contribution in [0.25, 0.3) is 0 Å². The summed E-state index contributed by atoms with van der Waals surface area (Å²) in [7, 11) is 0. The van der Waals surface area contributed by atoms with Crippen LogP contribution in [0.5, 0.6) is 0 Å². The molecule has 0 radical (unpaired) electrons. The summed E-state index contributed by atoms with van der Waals surface area (Å²) >= 11 is 0. The van der Waals surface area contributed by atoms with Crippen LogP contribution in [0.4, 0.5) is 0 Å². The number of unbranched alkanes of at least 4 members (excludes halogenated alkanes) is 1. The third-order valence-electron chi connectivity index (χ3n) is 2.47. The van der Waals surface area contributed by atoms with Crippen LogP contribution < -0.4 is 5.32 Å². The SMILES string of the molecule is CCCC[C@H](CC)CCNC(C)=O. The van der Waals surface area contributed by atoms with E-state index in [1.165, 1.54) is 25.7 Å². The zero-order valence-electron chi connectivity index (χ0n) is 9.23. The molecule has 13 heavy (non-hydrogen) atoms. The van der Waals surface area contributed by atoms with E-state index in [2.05, 4.69) is 19.2 Å². The van der Waals surface area contributed by atoms with Crippen LogP contribution in [0, 0.1) is 5.92 Å².